The lowest BCUT2D eigenvalue weighted by atomic mass is 9.99. The first kappa shape index (κ1) is 68.3. The van der Waals surface area contributed by atoms with Gasteiger partial charge in [-0.1, -0.05) is 209 Å². The SMILES string of the molecule is CC/C=C\C/C=C\C/C=C\C/C=C\C/C=C\C/C=C\C/C=C\C/C=C\C/C=C\C/C=C\C/C=C\C/C=C\CCCCC(=O)NC(COC1OC(CO)C(O)C(O)C1O)C(O)/C=C/CC/C=C/CC/C=C/CCCCC. The van der Waals surface area contributed by atoms with E-state index in [4.69, 9.17) is 9.47 Å². The Labute approximate surface area is 455 Å². The van der Waals surface area contributed by atoms with Gasteiger partial charge in [-0.2, -0.15) is 0 Å². The summed E-state index contributed by atoms with van der Waals surface area (Å²) >= 11 is 0. The van der Waals surface area contributed by atoms with Crippen LogP contribution >= 0.6 is 0 Å². The van der Waals surface area contributed by atoms with E-state index in [0.29, 0.717) is 12.8 Å². The molecule has 9 nitrogen and oxygen atoms in total. The maximum Gasteiger partial charge on any atom is 0.220 e. The van der Waals surface area contributed by atoms with Gasteiger partial charge in [0.15, 0.2) is 6.29 Å². The Morgan fingerprint density at radius 2 is 0.827 bits per heavy atom. The van der Waals surface area contributed by atoms with E-state index in [1.165, 1.54) is 19.3 Å². The monoisotopic (exact) mass is 1040 g/mol. The molecule has 1 heterocycles. The minimum absolute atomic E-state index is 0.237. The third kappa shape index (κ3) is 42.1. The number of unbranched alkanes of at least 4 members (excludes halogenated alkanes) is 7. The van der Waals surface area contributed by atoms with E-state index in [0.717, 1.165) is 116 Å². The number of ether oxygens (including phenoxy) is 2. The Kier molecular flexibility index (Phi) is 48.0. The number of carbonyl (C=O) groups excluding carboxylic acids is 1. The van der Waals surface area contributed by atoms with Crippen LogP contribution in [0.25, 0.3) is 0 Å². The summed E-state index contributed by atoms with van der Waals surface area (Å²) in [7, 11) is 0. The molecular weight excluding hydrogens is 935 g/mol. The van der Waals surface area contributed by atoms with Crippen molar-refractivity contribution in [2.45, 2.75) is 211 Å². The molecule has 0 spiro atoms. The average molecular weight is 1040 g/mol. The van der Waals surface area contributed by atoms with Gasteiger partial charge in [-0.15, -0.1) is 0 Å². The molecule has 0 radical (unpaired) electrons. The molecule has 0 saturated carbocycles. The third-order valence-corrected chi connectivity index (χ3v) is 11.9. The molecule has 7 atom stereocenters. The second-order valence-corrected chi connectivity index (χ2v) is 18.6. The maximum absolute atomic E-state index is 13.0. The molecule has 1 aliphatic rings. The van der Waals surface area contributed by atoms with Gasteiger partial charge in [-0.25, -0.2) is 0 Å². The summed E-state index contributed by atoms with van der Waals surface area (Å²) < 4.78 is 11.2. The fourth-order valence-corrected chi connectivity index (χ4v) is 7.46. The van der Waals surface area contributed by atoms with Crippen molar-refractivity contribution < 1.29 is 39.8 Å². The molecule has 0 aromatic rings. The Bertz CT molecular complexity index is 1820. The first-order valence-electron chi connectivity index (χ1n) is 28.5. The predicted octanol–water partition coefficient (Wildman–Crippen LogP) is 14.4. The molecule has 1 fully saturated rings. The highest BCUT2D eigenvalue weighted by Gasteiger charge is 2.44. The quantitative estimate of drug-likeness (QED) is 0.0261. The van der Waals surface area contributed by atoms with Crippen LogP contribution in [0.5, 0.6) is 0 Å². The minimum atomic E-state index is -1.59. The van der Waals surface area contributed by atoms with Crippen molar-refractivity contribution in [3.05, 3.63) is 182 Å². The zero-order chi connectivity index (χ0) is 54.3. The highest BCUT2D eigenvalue weighted by molar-refractivity contribution is 5.76. The second kappa shape index (κ2) is 52.7. The Morgan fingerprint density at radius 3 is 1.23 bits per heavy atom. The van der Waals surface area contributed by atoms with E-state index < -0.39 is 49.5 Å². The van der Waals surface area contributed by atoms with E-state index in [1.807, 2.05) is 6.08 Å². The summed E-state index contributed by atoms with van der Waals surface area (Å²) in [6.45, 7) is 3.54. The Morgan fingerprint density at radius 1 is 0.467 bits per heavy atom. The van der Waals surface area contributed by atoms with E-state index in [2.05, 4.69) is 189 Å². The van der Waals surface area contributed by atoms with Crippen LogP contribution in [0.15, 0.2) is 182 Å². The van der Waals surface area contributed by atoms with Crippen LogP contribution in [0, 0.1) is 0 Å². The zero-order valence-corrected chi connectivity index (χ0v) is 46.2. The summed E-state index contributed by atoms with van der Waals surface area (Å²) in [5, 5.41) is 54.2. The fourth-order valence-electron chi connectivity index (χ4n) is 7.46. The highest BCUT2D eigenvalue weighted by atomic mass is 16.7. The average Bonchev–Trinajstić information content (AvgIpc) is 3.41. The molecule has 6 N–H and O–H groups in total. The number of hydrogen-bond acceptors (Lipinski definition) is 8. The molecule has 0 aromatic heterocycles. The lowest BCUT2D eigenvalue weighted by molar-refractivity contribution is -0.302. The first-order valence-corrected chi connectivity index (χ1v) is 28.5. The summed E-state index contributed by atoms with van der Waals surface area (Å²) in [6, 6.07) is -0.865. The van der Waals surface area contributed by atoms with Gasteiger partial charge in [0.25, 0.3) is 0 Å². The molecule has 0 aliphatic carbocycles. The smallest absolute Gasteiger partial charge is 0.220 e. The van der Waals surface area contributed by atoms with Gasteiger partial charge >= 0.3 is 0 Å². The second-order valence-electron chi connectivity index (χ2n) is 18.6. The molecule has 7 unspecified atom stereocenters. The molecule has 1 aliphatic heterocycles. The molecule has 1 rings (SSSR count). The molecule has 1 saturated heterocycles. The van der Waals surface area contributed by atoms with E-state index in [9.17, 15) is 30.3 Å². The van der Waals surface area contributed by atoms with Crippen molar-refractivity contribution >= 4 is 5.91 Å². The number of hydrogen-bond donors (Lipinski definition) is 6. The number of carbonyl (C=O) groups is 1. The maximum atomic E-state index is 13.0. The molecule has 75 heavy (non-hydrogen) atoms. The summed E-state index contributed by atoms with van der Waals surface area (Å²) in [4.78, 5) is 13.0. The van der Waals surface area contributed by atoms with Gasteiger partial charge in [0.2, 0.25) is 5.91 Å². The summed E-state index contributed by atoms with van der Waals surface area (Å²) in [5.41, 5.74) is 0. The molecular formula is C66H101NO8. The zero-order valence-electron chi connectivity index (χ0n) is 46.2. The molecule has 0 bridgehead atoms. The van der Waals surface area contributed by atoms with Crippen LogP contribution in [-0.4, -0.2) is 87.5 Å². The van der Waals surface area contributed by atoms with Crippen molar-refractivity contribution in [2.75, 3.05) is 13.2 Å². The molecule has 0 aromatic carbocycles. The first-order chi connectivity index (χ1) is 36.8. The highest BCUT2D eigenvalue weighted by Crippen LogP contribution is 2.22. The minimum Gasteiger partial charge on any atom is -0.394 e. The van der Waals surface area contributed by atoms with Crippen LogP contribution in [-0.2, 0) is 14.3 Å². The van der Waals surface area contributed by atoms with Crippen LogP contribution in [0.4, 0.5) is 0 Å². The predicted molar refractivity (Wildman–Crippen MR) is 317 cm³/mol. The lowest BCUT2D eigenvalue weighted by Gasteiger charge is -2.40. The van der Waals surface area contributed by atoms with Crippen LogP contribution in [0.2, 0.25) is 0 Å². The van der Waals surface area contributed by atoms with Crippen molar-refractivity contribution in [2.24, 2.45) is 0 Å². The number of amides is 1. The van der Waals surface area contributed by atoms with Crippen LogP contribution in [0.3, 0.4) is 0 Å². The number of aliphatic hydroxyl groups excluding tert-OH is 5. The van der Waals surface area contributed by atoms with Crippen molar-refractivity contribution in [3.63, 3.8) is 0 Å². The van der Waals surface area contributed by atoms with Gasteiger partial charge in [-0.05, 0) is 135 Å². The lowest BCUT2D eigenvalue weighted by Crippen LogP contribution is -2.60. The van der Waals surface area contributed by atoms with Crippen molar-refractivity contribution in [3.8, 4) is 0 Å². The van der Waals surface area contributed by atoms with Gasteiger partial charge in [-0.3, -0.25) is 4.79 Å². The van der Waals surface area contributed by atoms with E-state index >= 15 is 0 Å². The van der Waals surface area contributed by atoms with Crippen molar-refractivity contribution in [1.82, 2.24) is 5.32 Å². The van der Waals surface area contributed by atoms with E-state index in [1.54, 1.807) is 6.08 Å². The van der Waals surface area contributed by atoms with Gasteiger partial charge < -0.3 is 40.3 Å². The summed E-state index contributed by atoms with van der Waals surface area (Å²) in [5.74, 6) is -0.244. The number of allylic oxidation sites excluding steroid dienone is 29. The Balaban J connectivity index is 2.25. The number of nitrogens with one attached hydrogen (secondary N) is 1. The number of rotatable bonds is 45. The fraction of sp³-hybridized carbons (Fsp3) is 0.530. The Hall–Kier alpha value is -4.71. The molecule has 9 heteroatoms. The summed E-state index contributed by atoms with van der Waals surface area (Å²) in [6.07, 6.45) is 79.6. The standard InChI is InChI=1S/C66H101NO8/c1-3-5-7-9-11-13-15-17-18-19-20-21-22-23-24-25-26-27-28-29-30-31-32-33-34-35-36-37-38-39-40-41-42-44-46-48-50-52-54-56-62(70)67-59(58-74-66-65(73)64(72)63(71)61(57-68)75-66)60(69)55-53-51-49-47-45-43-16-14-12-10-8-6-4-2/h5,7,11-14,17-18,20-21,23-24,26-27,29-30,32-33,35-36,38-39,41-42,45-48,53,55,59-61,63-66,68-69,71-73H,3-4,6,8-10,15-16,19,22,25,28,31,34,37,40,43-44,49-52,54,56-58H2,1-2H3,(H,67,70)/b7-5-,13-11-,14-12+,18-17-,21-20-,24-23-,27-26-,30-29-,33-32-,36-35-,39-38-,42-41-,47-45+,48-46-,55-53+. The molecule has 1 amide bonds. The largest absolute Gasteiger partial charge is 0.394 e. The van der Waals surface area contributed by atoms with Crippen molar-refractivity contribution in [1.29, 1.82) is 0 Å². The third-order valence-electron chi connectivity index (χ3n) is 11.9. The normalized spacial score (nSPS) is 20.3. The van der Waals surface area contributed by atoms with E-state index in [-0.39, 0.29) is 18.9 Å². The van der Waals surface area contributed by atoms with Crippen LogP contribution in [0.1, 0.15) is 168 Å². The van der Waals surface area contributed by atoms with Gasteiger partial charge in [0.1, 0.15) is 24.4 Å². The topological polar surface area (TPSA) is 149 Å². The molecule has 418 valence electrons. The van der Waals surface area contributed by atoms with Crippen LogP contribution < -0.4 is 5.32 Å². The van der Waals surface area contributed by atoms with Gasteiger partial charge in [0.05, 0.1) is 25.4 Å². The van der Waals surface area contributed by atoms with Gasteiger partial charge in [0, 0.05) is 6.42 Å². The number of aliphatic hydroxyl groups is 5.